The molecular formula is C34H36F2N2O6. The molecule has 0 spiro atoms. The Morgan fingerprint density at radius 1 is 1.11 bits per heavy atom. The SMILES string of the molecule is C[C@]12C=CC(=O)C=C1[C@@H](F)C[C@H]1[C@@H]3C[C@H]4O[C@@H](c5ccc(Cc6ccc(N)nc6)cc5)O[C@@]4(C(=O)CO)[C@@]3(C)C[C@H](O)[C@@]12F. The van der Waals surface area contributed by atoms with Crippen LogP contribution in [0.25, 0.3) is 0 Å². The lowest BCUT2D eigenvalue weighted by Crippen LogP contribution is -2.70. The lowest BCUT2D eigenvalue weighted by molar-refractivity contribution is -0.235. The minimum Gasteiger partial charge on any atom is -0.390 e. The average molecular weight is 607 g/mol. The van der Waals surface area contributed by atoms with Gasteiger partial charge in [0, 0.05) is 28.5 Å². The third-order valence-electron chi connectivity index (χ3n) is 11.4. The highest BCUT2D eigenvalue weighted by Crippen LogP contribution is 2.72. The summed E-state index contributed by atoms with van der Waals surface area (Å²) in [6.45, 7) is 2.48. The Bertz CT molecular complexity index is 1580. The number of aliphatic hydroxyl groups excluding tert-OH is 2. The molecule has 10 atom stereocenters. The Morgan fingerprint density at radius 3 is 2.52 bits per heavy atom. The maximum Gasteiger partial charge on any atom is 0.193 e. The molecule has 4 N–H and O–H groups in total. The van der Waals surface area contributed by atoms with Crippen molar-refractivity contribution in [3.05, 3.63) is 83.1 Å². The van der Waals surface area contributed by atoms with Gasteiger partial charge in [0.15, 0.2) is 29.1 Å². The van der Waals surface area contributed by atoms with Gasteiger partial charge in [0.2, 0.25) is 0 Å². The first kappa shape index (κ1) is 29.4. The van der Waals surface area contributed by atoms with Crippen LogP contribution in [-0.4, -0.2) is 63.0 Å². The molecule has 5 aliphatic rings. The maximum absolute atomic E-state index is 17.5. The molecule has 3 saturated carbocycles. The number of aliphatic hydroxyl groups is 2. The second-order valence-electron chi connectivity index (χ2n) is 13.5. The first-order chi connectivity index (χ1) is 20.9. The number of carbonyl (C=O) groups excluding carboxylic acids is 2. The van der Waals surface area contributed by atoms with Crippen LogP contribution in [0.4, 0.5) is 14.6 Å². The molecule has 232 valence electrons. The zero-order valence-corrected chi connectivity index (χ0v) is 24.6. The number of aromatic nitrogens is 1. The highest BCUT2D eigenvalue weighted by molar-refractivity contribution is 6.01. The Balaban J connectivity index is 1.21. The maximum atomic E-state index is 17.5. The molecule has 1 saturated heterocycles. The van der Waals surface area contributed by atoms with Gasteiger partial charge in [-0.2, -0.15) is 0 Å². The van der Waals surface area contributed by atoms with Gasteiger partial charge in [-0.25, -0.2) is 13.8 Å². The van der Waals surface area contributed by atoms with Gasteiger partial charge >= 0.3 is 0 Å². The molecule has 0 amide bonds. The van der Waals surface area contributed by atoms with Crippen molar-refractivity contribution in [2.45, 2.75) is 75.5 Å². The number of nitrogens with zero attached hydrogens (tertiary/aromatic N) is 1. The Morgan fingerprint density at radius 2 is 1.84 bits per heavy atom. The van der Waals surface area contributed by atoms with Gasteiger partial charge in [0.1, 0.15) is 18.6 Å². The predicted molar refractivity (Wildman–Crippen MR) is 155 cm³/mol. The van der Waals surface area contributed by atoms with Crippen LogP contribution in [-0.2, 0) is 25.5 Å². The van der Waals surface area contributed by atoms with Crippen LogP contribution < -0.4 is 5.73 Å². The van der Waals surface area contributed by atoms with Gasteiger partial charge in [0.05, 0.1) is 12.2 Å². The third kappa shape index (κ3) is 3.77. The van der Waals surface area contributed by atoms with Gasteiger partial charge in [-0.05, 0) is 73.4 Å². The van der Waals surface area contributed by atoms with E-state index < -0.39 is 76.8 Å². The number of allylic oxidation sites excluding steroid dienone is 4. The number of Topliss-reactive ketones (excluding diaryl/α,β-unsaturated/α-hetero) is 1. The normalized spacial score (nSPS) is 42.2. The van der Waals surface area contributed by atoms with E-state index in [0.29, 0.717) is 17.8 Å². The fraction of sp³-hybridized carbons (Fsp3) is 0.500. The number of anilines is 1. The van der Waals surface area contributed by atoms with Crippen molar-refractivity contribution in [1.82, 2.24) is 4.98 Å². The standard InChI is InChI=1S/C34H36F2N2O6/c1-31-10-9-21(40)12-24(31)25(35)13-23-22-14-28-34(27(42)17-39,32(22,2)15-26(41)33(23,31)36)44-30(43-28)20-6-3-18(4-7-20)11-19-5-8-29(37)38-16-19/h3-10,12,16,22-23,25-26,28,30,39,41H,11,13-15,17H2,1-2H3,(H2,37,38)/t22-,23-,25-,26-,28+,30+,31-,32-,33-,34+/m0/s1. The molecule has 0 radical (unpaired) electrons. The molecule has 7 rings (SSSR count). The summed E-state index contributed by atoms with van der Waals surface area (Å²) in [6.07, 6.45) is 0.918. The molecule has 4 aliphatic carbocycles. The van der Waals surface area contributed by atoms with E-state index in [0.717, 1.165) is 17.2 Å². The molecule has 1 aliphatic heterocycles. The number of fused-ring (bicyclic) bond motifs is 7. The molecule has 0 unspecified atom stereocenters. The van der Waals surface area contributed by atoms with Gasteiger partial charge < -0.3 is 25.4 Å². The zero-order valence-electron chi connectivity index (χ0n) is 24.6. The van der Waals surface area contributed by atoms with E-state index in [4.69, 9.17) is 15.2 Å². The Hall–Kier alpha value is -3.31. The second-order valence-corrected chi connectivity index (χ2v) is 13.5. The zero-order chi connectivity index (χ0) is 31.2. The molecule has 4 fully saturated rings. The number of nitrogens with two attached hydrogens (primary N) is 1. The van der Waals surface area contributed by atoms with Gasteiger partial charge in [-0.3, -0.25) is 9.59 Å². The summed E-state index contributed by atoms with van der Waals surface area (Å²) in [7, 11) is 0. The first-order valence-corrected chi connectivity index (χ1v) is 15.1. The number of alkyl halides is 2. The summed E-state index contributed by atoms with van der Waals surface area (Å²) >= 11 is 0. The van der Waals surface area contributed by atoms with Crippen molar-refractivity contribution in [3.8, 4) is 0 Å². The quantitative estimate of drug-likeness (QED) is 0.467. The van der Waals surface area contributed by atoms with Crippen LogP contribution in [0.3, 0.4) is 0 Å². The topological polar surface area (TPSA) is 132 Å². The van der Waals surface area contributed by atoms with Crippen molar-refractivity contribution in [2.24, 2.45) is 22.7 Å². The molecular weight excluding hydrogens is 570 g/mol. The van der Waals surface area contributed by atoms with E-state index in [1.807, 2.05) is 30.3 Å². The summed E-state index contributed by atoms with van der Waals surface area (Å²) < 4.78 is 46.3. The molecule has 44 heavy (non-hydrogen) atoms. The van der Waals surface area contributed by atoms with Gasteiger partial charge in [-0.15, -0.1) is 0 Å². The summed E-state index contributed by atoms with van der Waals surface area (Å²) in [5.74, 6) is -2.17. The summed E-state index contributed by atoms with van der Waals surface area (Å²) in [6, 6.07) is 11.2. The number of hydrogen-bond donors (Lipinski definition) is 3. The minimum absolute atomic E-state index is 0.0365. The fourth-order valence-corrected chi connectivity index (χ4v) is 9.28. The number of nitrogen functional groups attached to an aromatic ring is 1. The molecule has 1 aromatic carbocycles. The monoisotopic (exact) mass is 606 g/mol. The van der Waals surface area contributed by atoms with Crippen LogP contribution in [0.2, 0.25) is 0 Å². The third-order valence-corrected chi connectivity index (χ3v) is 11.4. The summed E-state index contributed by atoms with van der Waals surface area (Å²) in [4.78, 5) is 29.9. The Labute approximate surface area is 254 Å². The van der Waals surface area contributed by atoms with Crippen LogP contribution in [0.1, 0.15) is 56.1 Å². The number of rotatable bonds is 5. The number of halogens is 2. The lowest BCUT2D eigenvalue weighted by atomic mass is 9.44. The number of ether oxygens (including phenoxy) is 2. The van der Waals surface area contributed by atoms with Crippen molar-refractivity contribution in [3.63, 3.8) is 0 Å². The van der Waals surface area contributed by atoms with Crippen LogP contribution >= 0.6 is 0 Å². The first-order valence-electron chi connectivity index (χ1n) is 15.1. The van der Waals surface area contributed by atoms with Crippen LogP contribution in [0, 0.1) is 22.7 Å². The second kappa shape index (κ2) is 9.84. The number of carbonyl (C=O) groups is 2. The van der Waals surface area contributed by atoms with Crippen LogP contribution in [0.15, 0.2) is 66.4 Å². The van der Waals surface area contributed by atoms with Crippen molar-refractivity contribution < 1.29 is 38.1 Å². The largest absolute Gasteiger partial charge is 0.390 e. The molecule has 8 nitrogen and oxygen atoms in total. The van der Waals surface area contributed by atoms with Crippen LogP contribution in [0.5, 0.6) is 0 Å². The molecule has 1 aromatic heterocycles. The Kier molecular flexibility index (Phi) is 6.58. The van der Waals surface area contributed by atoms with Crippen molar-refractivity contribution in [2.75, 3.05) is 12.3 Å². The van der Waals surface area contributed by atoms with Gasteiger partial charge in [0.25, 0.3) is 0 Å². The van der Waals surface area contributed by atoms with E-state index in [1.165, 1.54) is 19.1 Å². The number of ketones is 2. The van der Waals surface area contributed by atoms with E-state index in [2.05, 4.69) is 4.98 Å². The minimum atomic E-state index is -2.29. The predicted octanol–water partition coefficient (Wildman–Crippen LogP) is 3.90. The molecule has 2 aromatic rings. The molecule has 2 heterocycles. The lowest BCUT2D eigenvalue weighted by Gasteiger charge is -2.63. The smallest absolute Gasteiger partial charge is 0.193 e. The van der Waals surface area contributed by atoms with E-state index >= 15 is 8.78 Å². The van der Waals surface area contributed by atoms with E-state index in [-0.39, 0.29) is 24.8 Å². The summed E-state index contributed by atoms with van der Waals surface area (Å²) in [5, 5.41) is 21.8. The average Bonchev–Trinajstić information content (AvgIpc) is 3.50. The molecule has 0 bridgehead atoms. The number of benzene rings is 1. The summed E-state index contributed by atoms with van der Waals surface area (Å²) in [5.41, 5.74) is 1.73. The highest BCUT2D eigenvalue weighted by atomic mass is 19.1. The highest BCUT2D eigenvalue weighted by Gasteiger charge is 2.80. The van der Waals surface area contributed by atoms with Crippen molar-refractivity contribution in [1.29, 1.82) is 0 Å². The fourth-order valence-electron chi connectivity index (χ4n) is 9.28. The van der Waals surface area contributed by atoms with E-state index in [9.17, 15) is 19.8 Å². The number of pyridine rings is 1. The van der Waals surface area contributed by atoms with Gasteiger partial charge in [-0.1, -0.05) is 43.3 Å². The van der Waals surface area contributed by atoms with Crippen molar-refractivity contribution >= 4 is 17.4 Å². The van der Waals surface area contributed by atoms with E-state index in [1.54, 1.807) is 19.2 Å². The molecule has 10 heteroatoms. The number of hydrogen-bond acceptors (Lipinski definition) is 8.